The number of carbonyl (C=O) groups excluding carboxylic acids is 1. The van der Waals surface area contributed by atoms with Gasteiger partial charge in [-0.1, -0.05) is 29.3 Å². The first-order valence-electron chi connectivity index (χ1n) is 5.85. The fraction of sp³-hybridized carbons (Fsp3) is 0.0714. The van der Waals surface area contributed by atoms with Crippen molar-refractivity contribution in [3.8, 4) is 0 Å². The zero-order valence-electron chi connectivity index (χ0n) is 10.6. The number of halogens is 4. The molecule has 0 atom stereocenters. The van der Waals surface area contributed by atoms with Crippen LogP contribution in [0.2, 0.25) is 10.0 Å². The molecule has 0 aromatic heterocycles. The Labute approximate surface area is 149 Å². The van der Waals surface area contributed by atoms with E-state index in [9.17, 15) is 4.79 Å². The number of rotatable bonds is 3. The van der Waals surface area contributed by atoms with Crippen LogP contribution < -0.4 is 11.1 Å². The lowest BCUT2D eigenvalue weighted by molar-refractivity contribution is -0.115. The van der Waals surface area contributed by atoms with Crippen LogP contribution in [0.1, 0.15) is 5.56 Å². The molecule has 0 aliphatic rings. The Bertz CT molecular complexity index is 684. The van der Waals surface area contributed by atoms with Gasteiger partial charge in [0.2, 0.25) is 5.91 Å². The second-order valence-electron chi connectivity index (χ2n) is 4.33. The van der Waals surface area contributed by atoms with E-state index in [-0.39, 0.29) is 12.3 Å². The minimum absolute atomic E-state index is 0.167. The first kappa shape index (κ1) is 16.6. The summed E-state index contributed by atoms with van der Waals surface area (Å²) in [5, 5.41) is 3.71. The van der Waals surface area contributed by atoms with Gasteiger partial charge in [-0.05, 0) is 61.7 Å². The maximum Gasteiger partial charge on any atom is 0.228 e. The Morgan fingerprint density at radius 1 is 1.10 bits per heavy atom. The number of amides is 1. The van der Waals surface area contributed by atoms with Gasteiger partial charge >= 0.3 is 0 Å². The Hall–Kier alpha value is -0.750. The van der Waals surface area contributed by atoms with Crippen molar-refractivity contribution in [2.45, 2.75) is 6.42 Å². The van der Waals surface area contributed by atoms with Gasteiger partial charge in [-0.2, -0.15) is 0 Å². The van der Waals surface area contributed by atoms with Crippen molar-refractivity contribution >= 4 is 72.3 Å². The third-order valence-corrected chi connectivity index (χ3v) is 4.67. The molecule has 21 heavy (non-hydrogen) atoms. The molecule has 1 amide bonds. The van der Waals surface area contributed by atoms with Crippen molar-refractivity contribution in [1.82, 2.24) is 0 Å². The SMILES string of the molecule is Nc1cc(Br)c(NC(=O)Cc2ccc(Cl)c(Cl)c2)c(Br)c1. The van der Waals surface area contributed by atoms with Crippen molar-refractivity contribution < 1.29 is 4.79 Å². The number of hydrogen-bond donors (Lipinski definition) is 2. The van der Waals surface area contributed by atoms with Crippen LogP contribution in [0, 0.1) is 0 Å². The fourth-order valence-electron chi connectivity index (χ4n) is 1.73. The molecule has 0 bridgehead atoms. The van der Waals surface area contributed by atoms with Crippen LogP contribution in [0.15, 0.2) is 39.3 Å². The van der Waals surface area contributed by atoms with E-state index in [2.05, 4.69) is 37.2 Å². The Morgan fingerprint density at radius 2 is 1.71 bits per heavy atom. The van der Waals surface area contributed by atoms with Gasteiger partial charge in [0.1, 0.15) is 0 Å². The highest BCUT2D eigenvalue weighted by Gasteiger charge is 2.11. The summed E-state index contributed by atoms with van der Waals surface area (Å²) >= 11 is 18.5. The highest BCUT2D eigenvalue weighted by Crippen LogP contribution is 2.33. The van der Waals surface area contributed by atoms with Gasteiger partial charge in [-0.3, -0.25) is 4.79 Å². The normalized spacial score (nSPS) is 10.5. The first-order valence-corrected chi connectivity index (χ1v) is 8.19. The largest absolute Gasteiger partial charge is 0.399 e. The monoisotopic (exact) mass is 450 g/mol. The summed E-state index contributed by atoms with van der Waals surface area (Å²) in [7, 11) is 0. The maximum absolute atomic E-state index is 12.1. The number of nitrogens with one attached hydrogen (secondary N) is 1. The molecular weight excluding hydrogens is 443 g/mol. The van der Waals surface area contributed by atoms with E-state index in [0.717, 1.165) is 5.56 Å². The average molecular weight is 453 g/mol. The molecule has 0 aliphatic carbocycles. The summed E-state index contributed by atoms with van der Waals surface area (Å²) in [6, 6.07) is 8.55. The lowest BCUT2D eigenvalue weighted by Gasteiger charge is -2.11. The number of hydrogen-bond acceptors (Lipinski definition) is 2. The zero-order chi connectivity index (χ0) is 15.6. The molecule has 110 valence electrons. The predicted molar refractivity (Wildman–Crippen MR) is 95.1 cm³/mol. The number of anilines is 2. The second-order valence-corrected chi connectivity index (χ2v) is 6.86. The van der Waals surface area contributed by atoms with Crippen LogP contribution >= 0.6 is 55.1 Å². The van der Waals surface area contributed by atoms with Gasteiger partial charge in [0, 0.05) is 14.6 Å². The molecule has 0 saturated carbocycles. The van der Waals surface area contributed by atoms with Crippen LogP contribution in [0.4, 0.5) is 11.4 Å². The summed E-state index contributed by atoms with van der Waals surface area (Å²) in [6.07, 6.45) is 0.195. The zero-order valence-corrected chi connectivity index (χ0v) is 15.3. The van der Waals surface area contributed by atoms with Crippen LogP contribution in [-0.4, -0.2) is 5.91 Å². The van der Waals surface area contributed by atoms with E-state index in [0.29, 0.717) is 30.4 Å². The summed E-state index contributed by atoms with van der Waals surface area (Å²) in [5.41, 5.74) is 7.72. The third-order valence-electron chi connectivity index (χ3n) is 2.68. The van der Waals surface area contributed by atoms with Crippen LogP contribution in [0.3, 0.4) is 0 Å². The van der Waals surface area contributed by atoms with Crippen LogP contribution in [0.5, 0.6) is 0 Å². The molecule has 2 aromatic rings. The quantitative estimate of drug-likeness (QED) is 0.622. The van der Waals surface area contributed by atoms with E-state index in [1.807, 2.05) is 0 Å². The molecule has 0 heterocycles. The van der Waals surface area contributed by atoms with Crippen molar-refractivity contribution in [3.63, 3.8) is 0 Å². The van der Waals surface area contributed by atoms with E-state index in [1.54, 1.807) is 30.3 Å². The highest BCUT2D eigenvalue weighted by molar-refractivity contribution is 9.11. The topological polar surface area (TPSA) is 55.1 Å². The van der Waals surface area contributed by atoms with Gasteiger partial charge in [0.25, 0.3) is 0 Å². The van der Waals surface area contributed by atoms with Gasteiger partial charge in [0.15, 0.2) is 0 Å². The van der Waals surface area contributed by atoms with Crippen LogP contribution in [-0.2, 0) is 11.2 Å². The number of nitrogen functional groups attached to an aromatic ring is 1. The van der Waals surface area contributed by atoms with Gasteiger partial charge in [0.05, 0.1) is 22.2 Å². The average Bonchev–Trinajstić information content (AvgIpc) is 2.38. The van der Waals surface area contributed by atoms with E-state index < -0.39 is 0 Å². The van der Waals surface area contributed by atoms with Gasteiger partial charge in [-0.15, -0.1) is 0 Å². The van der Waals surface area contributed by atoms with Gasteiger partial charge in [-0.25, -0.2) is 0 Å². The summed E-state index contributed by atoms with van der Waals surface area (Å²) in [4.78, 5) is 12.1. The Kier molecular flexibility index (Phi) is 5.54. The lowest BCUT2D eigenvalue weighted by atomic mass is 10.1. The molecule has 0 radical (unpaired) electrons. The molecule has 7 heteroatoms. The maximum atomic E-state index is 12.1. The standard InChI is InChI=1S/C14H10Br2Cl2N2O/c15-9-5-8(19)6-10(16)14(9)20-13(21)4-7-1-2-11(17)12(18)3-7/h1-3,5-6H,4,19H2,(H,20,21). The minimum Gasteiger partial charge on any atom is -0.399 e. The summed E-state index contributed by atoms with van der Waals surface area (Å²) in [6.45, 7) is 0. The third kappa shape index (κ3) is 4.36. The molecule has 3 nitrogen and oxygen atoms in total. The molecule has 0 aliphatic heterocycles. The van der Waals surface area contributed by atoms with E-state index in [1.165, 1.54) is 0 Å². The molecule has 0 saturated heterocycles. The molecule has 0 fully saturated rings. The molecule has 2 aromatic carbocycles. The predicted octanol–water partition coefficient (Wildman–Crippen LogP) is 5.28. The fourth-order valence-corrected chi connectivity index (χ4v) is 3.47. The Balaban J connectivity index is 2.13. The highest BCUT2D eigenvalue weighted by atomic mass is 79.9. The second kappa shape index (κ2) is 7.01. The molecule has 3 N–H and O–H groups in total. The smallest absolute Gasteiger partial charge is 0.228 e. The van der Waals surface area contributed by atoms with E-state index >= 15 is 0 Å². The number of carbonyl (C=O) groups is 1. The molecule has 0 spiro atoms. The molecular formula is C14H10Br2Cl2N2O. The minimum atomic E-state index is -0.167. The molecule has 2 rings (SSSR count). The Morgan fingerprint density at radius 3 is 2.29 bits per heavy atom. The summed E-state index contributed by atoms with van der Waals surface area (Å²) in [5.74, 6) is -0.167. The van der Waals surface area contributed by atoms with Crippen LogP contribution in [0.25, 0.3) is 0 Å². The van der Waals surface area contributed by atoms with Gasteiger partial charge < -0.3 is 11.1 Å². The van der Waals surface area contributed by atoms with Crippen molar-refractivity contribution in [1.29, 1.82) is 0 Å². The summed E-state index contributed by atoms with van der Waals surface area (Å²) < 4.78 is 1.41. The van der Waals surface area contributed by atoms with E-state index in [4.69, 9.17) is 28.9 Å². The lowest BCUT2D eigenvalue weighted by Crippen LogP contribution is -2.15. The van der Waals surface area contributed by atoms with Crippen molar-refractivity contribution in [3.05, 3.63) is 54.9 Å². The molecule has 0 unspecified atom stereocenters. The number of benzene rings is 2. The van der Waals surface area contributed by atoms with Crippen molar-refractivity contribution in [2.24, 2.45) is 0 Å². The first-order chi connectivity index (χ1) is 9.86. The van der Waals surface area contributed by atoms with Crippen molar-refractivity contribution in [2.75, 3.05) is 11.1 Å². The number of nitrogens with two attached hydrogens (primary N) is 1.